The molecule has 3 heterocycles. The van der Waals surface area contributed by atoms with Gasteiger partial charge in [-0.05, 0) is 57.6 Å². The summed E-state index contributed by atoms with van der Waals surface area (Å²) < 4.78 is 47.3. The second kappa shape index (κ2) is 10.0. The van der Waals surface area contributed by atoms with Crippen LogP contribution in [0.15, 0.2) is 29.1 Å². The fourth-order valence-electron chi connectivity index (χ4n) is 4.36. The Bertz CT molecular complexity index is 1560. The van der Waals surface area contributed by atoms with Crippen molar-refractivity contribution in [1.82, 2.24) is 24.2 Å². The number of carbonyl (C=O) groups excluding carboxylic acids is 2. The van der Waals surface area contributed by atoms with Gasteiger partial charge in [-0.15, -0.1) is 0 Å². The lowest BCUT2D eigenvalue weighted by Crippen LogP contribution is -2.46. The summed E-state index contributed by atoms with van der Waals surface area (Å²) in [4.78, 5) is 43.3. The molecule has 1 amide bonds. The van der Waals surface area contributed by atoms with Crippen molar-refractivity contribution in [3.05, 3.63) is 72.5 Å². The van der Waals surface area contributed by atoms with Gasteiger partial charge < -0.3 is 14.6 Å². The summed E-state index contributed by atoms with van der Waals surface area (Å²) in [6.07, 6.45) is -4.61. The lowest BCUT2D eigenvalue weighted by Gasteiger charge is -2.34. The first kappa shape index (κ1) is 27.6. The highest BCUT2D eigenvalue weighted by Gasteiger charge is 2.36. The van der Waals surface area contributed by atoms with Crippen LogP contribution in [-0.4, -0.2) is 49.3 Å². The molecule has 1 N–H and O–H groups in total. The maximum Gasteiger partial charge on any atom is 0.417 e. The normalized spacial score (nSPS) is 15.5. The zero-order valence-electron chi connectivity index (χ0n) is 20.7. The first-order chi connectivity index (χ1) is 17.7. The molecule has 0 saturated heterocycles. The number of aromatic amines is 1. The van der Waals surface area contributed by atoms with Crippen molar-refractivity contribution in [3.8, 4) is 5.82 Å². The fraction of sp³-hybridized carbons (Fsp3) is 0.375. The van der Waals surface area contributed by atoms with Crippen LogP contribution in [0.25, 0.3) is 5.82 Å². The minimum absolute atomic E-state index is 0.0219. The third kappa shape index (κ3) is 4.87. The summed E-state index contributed by atoms with van der Waals surface area (Å²) in [5.41, 5.74) is -0.908. The van der Waals surface area contributed by atoms with Crippen LogP contribution >= 0.6 is 23.8 Å². The quantitative estimate of drug-likeness (QED) is 0.360. The van der Waals surface area contributed by atoms with Crippen molar-refractivity contribution in [1.29, 1.82) is 0 Å². The number of esters is 1. The molecule has 9 nitrogen and oxygen atoms in total. The second-order valence-corrected chi connectivity index (χ2v) is 9.92. The van der Waals surface area contributed by atoms with Gasteiger partial charge in [-0.1, -0.05) is 11.6 Å². The number of nitrogens with zero attached hydrogens (tertiary/aromatic N) is 4. The van der Waals surface area contributed by atoms with Gasteiger partial charge in [0.2, 0.25) is 0 Å². The molecule has 0 radical (unpaired) electrons. The molecule has 4 rings (SSSR count). The number of hydrogen-bond acceptors (Lipinski definition) is 6. The molecule has 0 bridgehead atoms. The van der Waals surface area contributed by atoms with Gasteiger partial charge in [0.25, 0.3) is 11.5 Å². The highest BCUT2D eigenvalue weighted by molar-refractivity contribution is 7.71. The van der Waals surface area contributed by atoms with Gasteiger partial charge in [0.05, 0.1) is 24.2 Å². The van der Waals surface area contributed by atoms with Gasteiger partial charge in [0.15, 0.2) is 10.6 Å². The molecule has 0 unspecified atom stereocenters. The number of rotatable bonds is 4. The summed E-state index contributed by atoms with van der Waals surface area (Å²) >= 11 is 11.1. The van der Waals surface area contributed by atoms with Crippen LogP contribution in [0.2, 0.25) is 5.02 Å². The predicted octanol–water partition coefficient (Wildman–Crippen LogP) is 4.72. The predicted molar refractivity (Wildman–Crippen MR) is 134 cm³/mol. The van der Waals surface area contributed by atoms with Crippen LogP contribution in [0, 0.1) is 4.77 Å². The number of aromatic nitrogens is 4. The highest BCUT2D eigenvalue weighted by Crippen LogP contribution is 2.35. The molecule has 38 heavy (non-hydrogen) atoms. The Labute approximate surface area is 224 Å². The molecular formula is C24H23ClF3N5O4S. The molecular weight excluding hydrogens is 547 g/mol. The summed E-state index contributed by atoms with van der Waals surface area (Å²) in [6, 6.07) is 3.65. The third-order valence-electron chi connectivity index (χ3n) is 6.26. The Balaban J connectivity index is 1.73. The Morgan fingerprint density at radius 2 is 1.95 bits per heavy atom. The molecule has 202 valence electrons. The van der Waals surface area contributed by atoms with Gasteiger partial charge >= 0.3 is 12.1 Å². The van der Waals surface area contributed by atoms with E-state index in [1.165, 1.54) is 33.4 Å². The van der Waals surface area contributed by atoms with E-state index in [1.54, 1.807) is 6.92 Å². The molecule has 0 fully saturated rings. The van der Waals surface area contributed by atoms with E-state index in [9.17, 15) is 27.6 Å². The number of halogens is 4. The maximum absolute atomic E-state index is 13.5. The third-order valence-corrected chi connectivity index (χ3v) is 6.88. The van der Waals surface area contributed by atoms with Crippen LogP contribution < -0.4 is 5.56 Å². The van der Waals surface area contributed by atoms with Gasteiger partial charge in [-0.2, -0.15) is 18.3 Å². The number of H-pyrrole nitrogens is 1. The van der Waals surface area contributed by atoms with Crippen molar-refractivity contribution >= 4 is 35.7 Å². The Kier molecular flexibility index (Phi) is 7.28. The average molecular weight is 570 g/mol. The number of methoxy groups -OCH3 is 1. The molecule has 1 aliphatic heterocycles. The number of carbonyl (C=O) groups is 2. The van der Waals surface area contributed by atoms with E-state index in [4.69, 9.17) is 28.6 Å². The molecule has 1 aromatic carbocycles. The second-order valence-electron chi connectivity index (χ2n) is 9.12. The van der Waals surface area contributed by atoms with Crippen LogP contribution in [0.1, 0.15) is 64.5 Å². The van der Waals surface area contributed by atoms with E-state index in [-0.39, 0.29) is 40.9 Å². The summed E-state index contributed by atoms with van der Waals surface area (Å²) in [6.45, 7) is 5.24. The molecule has 0 saturated carbocycles. The Morgan fingerprint density at radius 1 is 1.26 bits per heavy atom. The first-order valence-electron chi connectivity index (χ1n) is 11.5. The van der Waals surface area contributed by atoms with E-state index >= 15 is 0 Å². The number of alkyl halides is 3. The lowest BCUT2D eigenvalue weighted by atomic mass is 9.98. The van der Waals surface area contributed by atoms with Gasteiger partial charge in [0.1, 0.15) is 5.69 Å². The Morgan fingerprint density at radius 3 is 2.55 bits per heavy atom. The monoisotopic (exact) mass is 569 g/mol. The van der Waals surface area contributed by atoms with Crippen LogP contribution in [0.5, 0.6) is 0 Å². The summed E-state index contributed by atoms with van der Waals surface area (Å²) in [5, 5.41) is 3.87. The van der Waals surface area contributed by atoms with Gasteiger partial charge in [-0.3, -0.25) is 14.3 Å². The van der Waals surface area contributed by atoms with Crippen molar-refractivity contribution in [3.63, 3.8) is 0 Å². The van der Waals surface area contributed by atoms with Crippen molar-refractivity contribution < 1.29 is 27.5 Å². The molecule has 3 aromatic rings. The van der Waals surface area contributed by atoms with E-state index < -0.39 is 40.2 Å². The molecule has 2 aromatic heterocycles. The zero-order valence-corrected chi connectivity index (χ0v) is 22.3. The van der Waals surface area contributed by atoms with Gasteiger partial charge in [-0.25, -0.2) is 9.36 Å². The maximum atomic E-state index is 13.5. The molecule has 14 heteroatoms. The summed E-state index contributed by atoms with van der Waals surface area (Å²) in [5.74, 6) is -1.15. The number of hydrogen-bond donors (Lipinski definition) is 1. The largest absolute Gasteiger partial charge is 0.464 e. The van der Waals surface area contributed by atoms with Crippen LogP contribution in [0.3, 0.4) is 0 Å². The summed E-state index contributed by atoms with van der Waals surface area (Å²) in [7, 11) is 1.24. The standard InChI is InChI=1S/C24H23ClF3N5O4S/c1-11(2)33-18(22(36)37-4)9-19(30-33)32-21(35)14-7-12(3)31(10-17(14)29-23(32)38)20(34)13-5-6-16(25)15(8-13)24(26,27)28/h5-6,8-9,11-12H,7,10H2,1-4H3,(H,29,38)/t12-/m1/s1. The number of ether oxygens (including phenoxy) is 1. The number of amides is 1. The van der Waals surface area contributed by atoms with Gasteiger partial charge in [0, 0.05) is 35.0 Å². The average Bonchev–Trinajstić information content (AvgIpc) is 3.28. The topological polar surface area (TPSA) is 102 Å². The Hall–Kier alpha value is -3.45. The fourth-order valence-corrected chi connectivity index (χ4v) is 4.88. The lowest BCUT2D eigenvalue weighted by molar-refractivity contribution is -0.137. The smallest absolute Gasteiger partial charge is 0.417 e. The molecule has 0 spiro atoms. The number of fused-ring (bicyclic) bond motifs is 1. The minimum atomic E-state index is -4.72. The van der Waals surface area contributed by atoms with Crippen molar-refractivity contribution in [2.24, 2.45) is 0 Å². The van der Waals surface area contributed by atoms with Crippen LogP contribution in [0.4, 0.5) is 13.2 Å². The molecule has 1 atom stereocenters. The van der Waals surface area contributed by atoms with Crippen molar-refractivity contribution in [2.45, 2.75) is 52.0 Å². The first-order valence-corrected chi connectivity index (χ1v) is 12.3. The van der Waals surface area contributed by atoms with E-state index in [2.05, 4.69) is 10.1 Å². The van der Waals surface area contributed by atoms with E-state index in [0.29, 0.717) is 11.3 Å². The van der Waals surface area contributed by atoms with Crippen molar-refractivity contribution in [2.75, 3.05) is 7.11 Å². The highest BCUT2D eigenvalue weighted by atomic mass is 35.5. The van der Waals surface area contributed by atoms with E-state index in [1.807, 2.05) is 13.8 Å². The zero-order chi connectivity index (χ0) is 28.1. The molecule has 0 aliphatic carbocycles. The van der Waals surface area contributed by atoms with Crippen LogP contribution in [-0.2, 0) is 23.9 Å². The molecule has 1 aliphatic rings. The minimum Gasteiger partial charge on any atom is -0.464 e. The number of benzene rings is 1. The SMILES string of the molecule is COC(=O)c1cc(-n2c(=S)[nH]c3c(c2=O)C[C@@H](C)N(C(=O)c2ccc(Cl)c(C(F)(F)F)c2)C3)nn1C(C)C. The number of nitrogens with one attached hydrogen (secondary N) is 1. The van der Waals surface area contributed by atoms with E-state index in [0.717, 1.165) is 12.1 Å².